The van der Waals surface area contributed by atoms with Crippen molar-refractivity contribution in [2.24, 2.45) is 0 Å². The van der Waals surface area contributed by atoms with Gasteiger partial charge < -0.3 is 4.98 Å². The Morgan fingerprint density at radius 2 is 2.06 bits per heavy atom. The zero-order valence-electron chi connectivity index (χ0n) is 9.25. The maximum atomic E-state index is 11.8. The number of H-pyrrole nitrogens is 1. The molecule has 90 valence electrons. The van der Waals surface area contributed by atoms with Crippen molar-refractivity contribution >= 4 is 43.2 Å². The molecular formula is C11H10Br2N2OS. The highest BCUT2D eigenvalue weighted by Crippen LogP contribution is 2.30. The number of aromatic amines is 1. The first-order valence-electron chi connectivity index (χ1n) is 5.04. The SMILES string of the molecule is CC(C)c1nc(-c2ccc(Br)s2)[nH]c(=O)c1Br. The van der Waals surface area contributed by atoms with Gasteiger partial charge in [0.2, 0.25) is 0 Å². The van der Waals surface area contributed by atoms with Crippen LogP contribution >= 0.6 is 43.2 Å². The van der Waals surface area contributed by atoms with Crippen LogP contribution in [0.1, 0.15) is 25.5 Å². The lowest BCUT2D eigenvalue weighted by molar-refractivity contribution is 0.804. The fourth-order valence-corrected chi connectivity index (χ4v) is 3.39. The average molecular weight is 378 g/mol. The predicted molar refractivity (Wildman–Crippen MR) is 77.7 cm³/mol. The van der Waals surface area contributed by atoms with E-state index >= 15 is 0 Å². The van der Waals surface area contributed by atoms with Gasteiger partial charge in [0.05, 0.1) is 14.4 Å². The quantitative estimate of drug-likeness (QED) is 0.854. The fraction of sp³-hybridized carbons (Fsp3) is 0.273. The van der Waals surface area contributed by atoms with Crippen LogP contribution in [-0.2, 0) is 0 Å². The molecule has 0 fully saturated rings. The maximum Gasteiger partial charge on any atom is 0.265 e. The minimum atomic E-state index is -0.136. The highest BCUT2D eigenvalue weighted by molar-refractivity contribution is 9.11. The summed E-state index contributed by atoms with van der Waals surface area (Å²) in [7, 11) is 0. The summed E-state index contributed by atoms with van der Waals surface area (Å²) >= 11 is 8.22. The molecule has 0 aliphatic carbocycles. The van der Waals surface area contributed by atoms with Gasteiger partial charge in [0, 0.05) is 0 Å². The second-order valence-electron chi connectivity index (χ2n) is 3.87. The van der Waals surface area contributed by atoms with E-state index in [-0.39, 0.29) is 11.5 Å². The summed E-state index contributed by atoms with van der Waals surface area (Å²) in [5, 5.41) is 0. The van der Waals surface area contributed by atoms with Crippen LogP contribution in [0.5, 0.6) is 0 Å². The van der Waals surface area contributed by atoms with Crippen LogP contribution in [0.15, 0.2) is 25.2 Å². The molecule has 0 radical (unpaired) electrons. The van der Waals surface area contributed by atoms with Gasteiger partial charge in [-0.2, -0.15) is 0 Å². The zero-order chi connectivity index (χ0) is 12.6. The molecule has 0 atom stereocenters. The Hall–Kier alpha value is -0.460. The first-order chi connectivity index (χ1) is 7.99. The van der Waals surface area contributed by atoms with Gasteiger partial charge in [-0.3, -0.25) is 4.79 Å². The summed E-state index contributed by atoms with van der Waals surface area (Å²) in [5.41, 5.74) is 0.650. The third kappa shape index (κ3) is 2.69. The Balaban J connectivity index is 2.61. The highest BCUT2D eigenvalue weighted by Gasteiger charge is 2.13. The van der Waals surface area contributed by atoms with Crippen molar-refractivity contribution in [3.8, 4) is 10.7 Å². The Kier molecular flexibility index (Phi) is 3.85. The summed E-state index contributed by atoms with van der Waals surface area (Å²) in [4.78, 5) is 20.0. The van der Waals surface area contributed by atoms with Crippen molar-refractivity contribution in [1.82, 2.24) is 9.97 Å². The molecule has 0 saturated heterocycles. The predicted octanol–water partition coefficient (Wildman–Crippen LogP) is 4.15. The number of aromatic nitrogens is 2. The molecular weight excluding hydrogens is 368 g/mol. The van der Waals surface area contributed by atoms with Gasteiger partial charge in [-0.25, -0.2) is 4.98 Å². The summed E-state index contributed by atoms with van der Waals surface area (Å²) < 4.78 is 1.54. The van der Waals surface area contributed by atoms with Gasteiger partial charge in [0.15, 0.2) is 5.82 Å². The molecule has 17 heavy (non-hydrogen) atoms. The van der Waals surface area contributed by atoms with E-state index in [9.17, 15) is 4.79 Å². The minimum absolute atomic E-state index is 0.136. The standard InChI is InChI=1S/C11H10Br2N2OS/c1-5(2)9-8(13)11(16)15-10(14-9)6-3-4-7(12)17-6/h3-5H,1-2H3,(H,14,15,16). The van der Waals surface area contributed by atoms with Gasteiger partial charge in [-0.05, 0) is 49.9 Å². The molecule has 6 heteroatoms. The molecule has 0 aliphatic rings. The molecule has 2 rings (SSSR count). The van der Waals surface area contributed by atoms with Gasteiger partial charge in [0.1, 0.15) is 4.47 Å². The Morgan fingerprint density at radius 3 is 2.59 bits per heavy atom. The molecule has 2 aromatic heterocycles. The van der Waals surface area contributed by atoms with Crippen LogP contribution < -0.4 is 5.56 Å². The maximum absolute atomic E-state index is 11.8. The summed E-state index contributed by atoms with van der Waals surface area (Å²) in [6.45, 7) is 4.03. The van der Waals surface area contributed by atoms with Crippen molar-refractivity contribution in [3.05, 3.63) is 36.4 Å². The third-order valence-corrected chi connectivity index (χ3v) is 4.64. The summed E-state index contributed by atoms with van der Waals surface area (Å²) in [5.74, 6) is 0.825. The first kappa shape index (κ1) is 13.0. The second-order valence-corrected chi connectivity index (χ2v) is 7.13. The normalized spacial score (nSPS) is 11.1. The van der Waals surface area contributed by atoms with Gasteiger partial charge in [0.25, 0.3) is 5.56 Å². The van der Waals surface area contributed by atoms with E-state index in [4.69, 9.17) is 0 Å². The lowest BCUT2D eigenvalue weighted by atomic mass is 10.1. The number of nitrogens with zero attached hydrogens (tertiary/aromatic N) is 1. The Bertz CT molecular complexity index is 604. The molecule has 0 bridgehead atoms. The van der Waals surface area contributed by atoms with Gasteiger partial charge in [-0.15, -0.1) is 11.3 Å². The molecule has 0 spiro atoms. The Morgan fingerprint density at radius 1 is 1.35 bits per heavy atom. The minimum Gasteiger partial charge on any atom is -0.305 e. The van der Waals surface area contributed by atoms with E-state index < -0.39 is 0 Å². The van der Waals surface area contributed by atoms with E-state index in [1.54, 1.807) is 11.3 Å². The van der Waals surface area contributed by atoms with E-state index in [1.807, 2.05) is 26.0 Å². The lowest BCUT2D eigenvalue weighted by Crippen LogP contribution is -2.14. The van der Waals surface area contributed by atoms with Crippen molar-refractivity contribution in [1.29, 1.82) is 0 Å². The molecule has 0 amide bonds. The third-order valence-electron chi connectivity index (χ3n) is 2.24. The fourth-order valence-electron chi connectivity index (χ4n) is 1.42. The largest absolute Gasteiger partial charge is 0.305 e. The molecule has 1 N–H and O–H groups in total. The molecule has 0 aliphatic heterocycles. The van der Waals surface area contributed by atoms with Gasteiger partial charge in [-0.1, -0.05) is 13.8 Å². The van der Waals surface area contributed by atoms with Crippen LogP contribution in [0, 0.1) is 0 Å². The Labute approximate surface area is 120 Å². The van der Waals surface area contributed by atoms with E-state index in [0.717, 1.165) is 14.4 Å². The molecule has 0 saturated carbocycles. The number of thiophene rings is 1. The van der Waals surface area contributed by atoms with Gasteiger partial charge >= 0.3 is 0 Å². The monoisotopic (exact) mass is 376 g/mol. The van der Waals surface area contributed by atoms with Crippen LogP contribution in [0.25, 0.3) is 10.7 Å². The van der Waals surface area contributed by atoms with E-state index in [0.29, 0.717) is 10.3 Å². The summed E-state index contributed by atoms with van der Waals surface area (Å²) in [6.07, 6.45) is 0. The second kappa shape index (κ2) is 5.04. The average Bonchev–Trinajstić information content (AvgIpc) is 2.68. The highest BCUT2D eigenvalue weighted by atomic mass is 79.9. The number of hydrogen-bond donors (Lipinski definition) is 1. The molecule has 0 unspecified atom stereocenters. The summed E-state index contributed by atoms with van der Waals surface area (Å²) in [6, 6.07) is 3.88. The van der Waals surface area contributed by atoms with Crippen LogP contribution in [0.3, 0.4) is 0 Å². The van der Waals surface area contributed by atoms with Crippen LogP contribution in [0.4, 0.5) is 0 Å². The molecule has 3 nitrogen and oxygen atoms in total. The number of rotatable bonds is 2. The number of halogens is 2. The first-order valence-corrected chi connectivity index (χ1v) is 7.44. The molecule has 2 heterocycles. The van der Waals surface area contributed by atoms with Crippen molar-refractivity contribution in [2.75, 3.05) is 0 Å². The molecule has 2 aromatic rings. The number of hydrogen-bond acceptors (Lipinski definition) is 3. The van der Waals surface area contributed by atoms with Crippen LogP contribution in [-0.4, -0.2) is 9.97 Å². The van der Waals surface area contributed by atoms with Crippen molar-refractivity contribution < 1.29 is 0 Å². The van der Waals surface area contributed by atoms with E-state index in [2.05, 4.69) is 41.8 Å². The topological polar surface area (TPSA) is 45.8 Å². The number of nitrogens with one attached hydrogen (secondary N) is 1. The van der Waals surface area contributed by atoms with Crippen LogP contribution in [0.2, 0.25) is 0 Å². The lowest BCUT2D eigenvalue weighted by Gasteiger charge is -2.08. The zero-order valence-corrected chi connectivity index (χ0v) is 13.2. The van der Waals surface area contributed by atoms with E-state index in [1.165, 1.54) is 0 Å². The van der Waals surface area contributed by atoms with Crippen molar-refractivity contribution in [2.45, 2.75) is 19.8 Å². The smallest absolute Gasteiger partial charge is 0.265 e. The van der Waals surface area contributed by atoms with Crippen molar-refractivity contribution in [3.63, 3.8) is 0 Å². The molecule has 0 aromatic carbocycles.